The number of hydrogen-bond acceptors (Lipinski definition) is 6. The molecule has 8 heteroatoms. The van der Waals surface area contributed by atoms with Gasteiger partial charge in [-0.05, 0) is 31.5 Å². The molecule has 3 rings (SSSR count). The number of benzene rings is 1. The minimum absolute atomic E-state index is 0.264. The van der Waals surface area contributed by atoms with Crippen LogP contribution in [0.15, 0.2) is 48.2 Å². The second-order valence-corrected chi connectivity index (χ2v) is 7.51. The maximum Gasteiger partial charge on any atom is 0.338 e. The average molecular weight is 429 g/mol. The molecule has 2 amide bonds. The lowest BCUT2D eigenvalue weighted by Gasteiger charge is -2.36. The first-order valence-electron chi connectivity index (χ1n) is 10.8. The third-order valence-corrected chi connectivity index (χ3v) is 5.41. The fourth-order valence-corrected chi connectivity index (χ4v) is 3.90. The number of amides is 2. The highest BCUT2D eigenvalue weighted by Gasteiger charge is 2.34. The first-order valence-corrected chi connectivity index (χ1v) is 10.8. The van der Waals surface area contributed by atoms with Gasteiger partial charge >= 0.3 is 12.0 Å². The topological polar surface area (TPSA) is 83.1 Å². The number of urea groups is 1. The van der Waals surface area contributed by atoms with Gasteiger partial charge in [-0.2, -0.15) is 0 Å². The molecule has 1 aromatic carbocycles. The molecule has 8 nitrogen and oxygen atoms in total. The standard InChI is InChI=1S/C23H32N4O4/c1-4-11-26-12-14-27(15-13-26)16-19-20(22(28)31-6-3)21(25-23(29)24-19)17-7-9-18(10-8-17)30-5-2/h4,7-10,21H,1,5-6,11-16H2,2-3H3,(H2,24,25,29)/t21-/m0/s1. The largest absolute Gasteiger partial charge is 0.494 e. The van der Waals surface area contributed by atoms with E-state index in [9.17, 15) is 9.59 Å². The normalized spacial score (nSPS) is 20.1. The minimum Gasteiger partial charge on any atom is -0.494 e. The second kappa shape index (κ2) is 11.0. The van der Waals surface area contributed by atoms with E-state index < -0.39 is 12.0 Å². The molecule has 2 aliphatic heterocycles. The van der Waals surface area contributed by atoms with E-state index in [2.05, 4.69) is 27.0 Å². The third kappa shape index (κ3) is 5.86. The van der Waals surface area contributed by atoms with Crippen molar-refractivity contribution in [2.75, 3.05) is 52.5 Å². The summed E-state index contributed by atoms with van der Waals surface area (Å²) in [5.74, 6) is 0.319. The molecule has 168 valence electrons. The molecule has 0 unspecified atom stereocenters. The number of carbonyl (C=O) groups is 2. The van der Waals surface area contributed by atoms with E-state index in [1.165, 1.54) is 0 Å². The van der Waals surface area contributed by atoms with Crippen LogP contribution in [0.1, 0.15) is 25.5 Å². The van der Waals surface area contributed by atoms with Gasteiger partial charge in [0.1, 0.15) is 5.75 Å². The van der Waals surface area contributed by atoms with E-state index in [4.69, 9.17) is 9.47 Å². The number of esters is 1. The van der Waals surface area contributed by atoms with Crippen LogP contribution in [0.25, 0.3) is 0 Å². The first-order chi connectivity index (χ1) is 15.0. The summed E-state index contributed by atoms with van der Waals surface area (Å²) in [5.41, 5.74) is 1.84. The van der Waals surface area contributed by atoms with Gasteiger partial charge < -0.3 is 20.1 Å². The molecule has 2 aliphatic rings. The number of nitrogens with one attached hydrogen (secondary N) is 2. The number of ether oxygens (including phenoxy) is 2. The number of piperazine rings is 1. The summed E-state index contributed by atoms with van der Waals surface area (Å²) < 4.78 is 10.9. The van der Waals surface area contributed by atoms with Gasteiger partial charge in [0.05, 0.1) is 24.8 Å². The van der Waals surface area contributed by atoms with Gasteiger partial charge in [-0.3, -0.25) is 9.80 Å². The van der Waals surface area contributed by atoms with Gasteiger partial charge in [0.15, 0.2) is 0 Å². The molecule has 0 aliphatic carbocycles. The van der Waals surface area contributed by atoms with Crippen LogP contribution >= 0.6 is 0 Å². The highest BCUT2D eigenvalue weighted by atomic mass is 16.5. The zero-order valence-electron chi connectivity index (χ0n) is 18.4. The molecule has 1 fully saturated rings. The SMILES string of the molecule is C=CCN1CCN(CC2=C(C(=O)OCC)[C@H](c3ccc(OCC)cc3)NC(=O)N2)CC1. The molecule has 1 atom stereocenters. The van der Waals surface area contributed by atoms with Gasteiger partial charge in [-0.15, -0.1) is 6.58 Å². The Morgan fingerprint density at radius 1 is 1.13 bits per heavy atom. The van der Waals surface area contributed by atoms with Gasteiger partial charge in [-0.1, -0.05) is 18.2 Å². The van der Waals surface area contributed by atoms with Crippen LogP contribution < -0.4 is 15.4 Å². The van der Waals surface area contributed by atoms with Crippen LogP contribution in [0.4, 0.5) is 4.79 Å². The van der Waals surface area contributed by atoms with Crippen molar-refractivity contribution in [3.63, 3.8) is 0 Å². The Bertz CT molecular complexity index is 813. The first kappa shape index (κ1) is 22.8. The van der Waals surface area contributed by atoms with Crippen molar-refractivity contribution in [1.29, 1.82) is 0 Å². The molecule has 2 N–H and O–H groups in total. The minimum atomic E-state index is -0.583. The molecular formula is C23H32N4O4. The predicted octanol–water partition coefficient (Wildman–Crippen LogP) is 2.06. The van der Waals surface area contributed by atoms with Crippen molar-refractivity contribution < 1.29 is 19.1 Å². The van der Waals surface area contributed by atoms with Crippen LogP contribution in [0, 0.1) is 0 Å². The second-order valence-electron chi connectivity index (χ2n) is 7.51. The summed E-state index contributed by atoms with van der Waals surface area (Å²) in [7, 11) is 0. The molecule has 31 heavy (non-hydrogen) atoms. The van der Waals surface area contributed by atoms with Gasteiger partial charge in [-0.25, -0.2) is 9.59 Å². The monoisotopic (exact) mass is 428 g/mol. The molecule has 0 bridgehead atoms. The van der Waals surface area contributed by atoms with Crippen molar-refractivity contribution in [3.8, 4) is 5.75 Å². The van der Waals surface area contributed by atoms with Crippen LogP contribution in [0.5, 0.6) is 5.75 Å². The Morgan fingerprint density at radius 3 is 2.42 bits per heavy atom. The van der Waals surface area contributed by atoms with Crippen LogP contribution in [0.3, 0.4) is 0 Å². The Kier molecular flexibility index (Phi) is 8.08. The number of nitrogens with zero attached hydrogens (tertiary/aromatic N) is 2. The molecule has 0 saturated carbocycles. The quantitative estimate of drug-likeness (QED) is 0.463. The molecule has 1 aromatic rings. The Balaban J connectivity index is 1.86. The molecule has 2 heterocycles. The Labute approximate surface area is 183 Å². The van der Waals surface area contributed by atoms with Crippen LogP contribution in [0.2, 0.25) is 0 Å². The Hall–Kier alpha value is -2.84. The summed E-state index contributed by atoms with van der Waals surface area (Å²) in [5, 5.41) is 5.73. The lowest BCUT2D eigenvalue weighted by molar-refractivity contribution is -0.139. The van der Waals surface area contributed by atoms with Crippen LogP contribution in [-0.4, -0.2) is 74.3 Å². The fourth-order valence-electron chi connectivity index (χ4n) is 3.90. The maximum absolute atomic E-state index is 12.9. The highest BCUT2D eigenvalue weighted by Crippen LogP contribution is 2.29. The summed E-state index contributed by atoms with van der Waals surface area (Å²) in [6, 6.07) is 6.51. The van der Waals surface area contributed by atoms with E-state index in [0.717, 1.165) is 44.0 Å². The molecule has 0 aromatic heterocycles. The van der Waals surface area contributed by atoms with Crippen molar-refractivity contribution in [2.45, 2.75) is 19.9 Å². The summed E-state index contributed by atoms with van der Waals surface area (Å²) in [6.45, 7) is 13.2. The number of rotatable bonds is 9. The van der Waals surface area contributed by atoms with Crippen molar-refractivity contribution >= 4 is 12.0 Å². The molecular weight excluding hydrogens is 396 g/mol. The third-order valence-electron chi connectivity index (χ3n) is 5.41. The maximum atomic E-state index is 12.9. The van der Waals surface area contributed by atoms with Crippen LogP contribution in [-0.2, 0) is 9.53 Å². The van der Waals surface area contributed by atoms with Gasteiger partial charge in [0.25, 0.3) is 0 Å². The van der Waals surface area contributed by atoms with Gasteiger partial charge in [0, 0.05) is 45.0 Å². The zero-order chi connectivity index (χ0) is 22.2. The lowest BCUT2D eigenvalue weighted by Crippen LogP contribution is -2.51. The van der Waals surface area contributed by atoms with E-state index in [1.54, 1.807) is 6.92 Å². The molecule has 1 saturated heterocycles. The number of carbonyl (C=O) groups excluding carboxylic acids is 2. The fraction of sp³-hybridized carbons (Fsp3) is 0.478. The smallest absolute Gasteiger partial charge is 0.338 e. The molecule has 0 spiro atoms. The molecule has 0 radical (unpaired) electrons. The van der Waals surface area contributed by atoms with E-state index in [0.29, 0.717) is 24.4 Å². The average Bonchev–Trinajstić information content (AvgIpc) is 2.76. The van der Waals surface area contributed by atoms with Gasteiger partial charge in [0.2, 0.25) is 0 Å². The predicted molar refractivity (Wildman–Crippen MR) is 119 cm³/mol. The van der Waals surface area contributed by atoms with Crippen molar-refractivity contribution in [2.24, 2.45) is 0 Å². The van der Waals surface area contributed by atoms with E-state index in [-0.39, 0.29) is 12.6 Å². The van der Waals surface area contributed by atoms with Crippen molar-refractivity contribution in [1.82, 2.24) is 20.4 Å². The van der Waals surface area contributed by atoms with E-state index in [1.807, 2.05) is 37.3 Å². The summed E-state index contributed by atoms with van der Waals surface area (Å²) >= 11 is 0. The summed E-state index contributed by atoms with van der Waals surface area (Å²) in [4.78, 5) is 29.9. The lowest BCUT2D eigenvalue weighted by atomic mass is 9.94. The zero-order valence-corrected chi connectivity index (χ0v) is 18.4. The van der Waals surface area contributed by atoms with E-state index >= 15 is 0 Å². The van der Waals surface area contributed by atoms with Crippen molar-refractivity contribution in [3.05, 3.63) is 53.8 Å². The summed E-state index contributed by atoms with van der Waals surface area (Å²) in [6.07, 6.45) is 1.91. The highest BCUT2D eigenvalue weighted by molar-refractivity contribution is 5.95. The Morgan fingerprint density at radius 2 is 1.81 bits per heavy atom. The number of hydrogen-bond donors (Lipinski definition) is 2.